The van der Waals surface area contributed by atoms with E-state index in [1.807, 2.05) is 38.1 Å². The number of nitrogens with zero attached hydrogens (tertiary/aromatic N) is 4. The SMILES string of the molecule is CCOc1ccc(N2CSC3=C(C#N)[C@@H](c4ccc(C)cc4)N(c4ccc(OCC)cc4)CN3C2)cc1. The highest BCUT2D eigenvalue weighted by Crippen LogP contribution is 2.44. The second kappa shape index (κ2) is 11.1. The average Bonchev–Trinajstić information content (AvgIpc) is 2.93. The molecule has 7 heteroatoms. The summed E-state index contributed by atoms with van der Waals surface area (Å²) in [6, 6.07) is 27.4. The molecule has 2 aliphatic heterocycles. The number of fused-ring (bicyclic) bond motifs is 1. The quantitative estimate of drug-likeness (QED) is 0.357. The monoisotopic (exact) mass is 512 g/mol. The fraction of sp³-hybridized carbons (Fsp3) is 0.300. The zero-order valence-electron chi connectivity index (χ0n) is 21.6. The van der Waals surface area contributed by atoms with Gasteiger partial charge in [0, 0.05) is 11.4 Å². The first-order valence-electron chi connectivity index (χ1n) is 12.7. The molecule has 0 N–H and O–H groups in total. The molecule has 0 aromatic heterocycles. The Balaban J connectivity index is 1.50. The van der Waals surface area contributed by atoms with Crippen molar-refractivity contribution in [2.24, 2.45) is 0 Å². The second-order valence-electron chi connectivity index (χ2n) is 9.10. The molecule has 1 fully saturated rings. The molecule has 1 saturated heterocycles. The van der Waals surface area contributed by atoms with Gasteiger partial charge < -0.3 is 24.2 Å². The van der Waals surface area contributed by atoms with Crippen LogP contribution in [0.4, 0.5) is 11.4 Å². The Hall–Kier alpha value is -3.76. The first kappa shape index (κ1) is 24.9. The van der Waals surface area contributed by atoms with Crippen molar-refractivity contribution in [3.05, 3.63) is 94.5 Å². The highest BCUT2D eigenvalue weighted by molar-refractivity contribution is 8.03. The van der Waals surface area contributed by atoms with Gasteiger partial charge in [0.05, 0.1) is 49.1 Å². The molecule has 0 saturated carbocycles. The number of anilines is 2. The second-order valence-corrected chi connectivity index (χ2v) is 10.0. The summed E-state index contributed by atoms with van der Waals surface area (Å²) < 4.78 is 11.3. The van der Waals surface area contributed by atoms with Gasteiger partial charge in [0.15, 0.2) is 0 Å². The van der Waals surface area contributed by atoms with E-state index in [1.165, 1.54) is 5.56 Å². The van der Waals surface area contributed by atoms with Crippen molar-refractivity contribution in [2.75, 3.05) is 42.2 Å². The van der Waals surface area contributed by atoms with Gasteiger partial charge in [-0.15, -0.1) is 0 Å². The highest BCUT2D eigenvalue weighted by atomic mass is 32.2. The van der Waals surface area contributed by atoms with Crippen LogP contribution >= 0.6 is 11.8 Å². The summed E-state index contributed by atoms with van der Waals surface area (Å²) in [6.07, 6.45) is 0. The first-order valence-corrected chi connectivity index (χ1v) is 13.7. The predicted molar refractivity (Wildman–Crippen MR) is 151 cm³/mol. The van der Waals surface area contributed by atoms with Crippen LogP contribution in [0.1, 0.15) is 31.0 Å². The lowest BCUT2D eigenvalue weighted by molar-refractivity contribution is 0.325. The van der Waals surface area contributed by atoms with Crippen molar-refractivity contribution in [3.8, 4) is 17.6 Å². The zero-order valence-corrected chi connectivity index (χ0v) is 22.4. The lowest BCUT2D eigenvalue weighted by atomic mass is 9.95. The van der Waals surface area contributed by atoms with Gasteiger partial charge in [-0.25, -0.2) is 0 Å². The van der Waals surface area contributed by atoms with Crippen LogP contribution in [0.2, 0.25) is 0 Å². The fourth-order valence-corrected chi connectivity index (χ4v) is 5.97. The van der Waals surface area contributed by atoms with Crippen LogP contribution in [-0.2, 0) is 0 Å². The van der Waals surface area contributed by atoms with Gasteiger partial charge in [-0.2, -0.15) is 5.26 Å². The molecule has 0 bridgehead atoms. The third-order valence-corrected chi connectivity index (χ3v) is 7.82. The maximum atomic E-state index is 10.4. The number of rotatable bonds is 7. The van der Waals surface area contributed by atoms with Gasteiger partial charge in [-0.3, -0.25) is 0 Å². The zero-order chi connectivity index (χ0) is 25.8. The first-order chi connectivity index (χ1) is 18.1. The van der Waals surface area contributed by atoms with E-state index in [4.69, 9.17) is 9.47 Å². The van der Waals surface area contributed by atoms with E-state index in [0.717, 1.165) is 44.9 Å². The lowest BCUT2D eigenvalue weighted by Crippen LogP contribution is -2.51. The van der Waals surface area contributed by atoms with Crippen molar-refractivity contribution in [1.29, 1.82) is 5.26 Å². The number of ether oxygens (including phenoxy) is 2. The number of nitriles is 1. The summed E-state index contributed by atoms with van der Waals surface area (Å²) >= 11 is 1.74. The average molecular weight is 513 g/mol. The van der Waals surface area contributed by atoms with E-state index in [9.17, 15) is 5.26 Å². The van der Waals surface area contributed by atoms with Gasteiger partial charge in [-0.1, -0.05) is 41.6 Å². The van der Waals surface area contributed by atoms with Crippen molar-refractivity contribution in [3.63, 3.8) is 0 Å². The van der Waals surface area contributed by atoms with Gasteiger partial charge in [0.1, 0.15) is 17.6 Å². The van der Waals surface area contributed by atoms with E-state index < -0.39 is 0 Å². The smallest absolute Gasteiger partial charge is 0.119 e. The molecule has 1 atom stereocenters. The van der Waals surface area contributed by atoms with Gasteiger partial charge in [0.25, 0.3) is 0 Å². The maximum Gasteiger partial charge on any atom is 0.119 e. The molecule has 0 aliphatic carbocycles. The van der Waals surface area contributed by atoms with Crippen LogP contribution in [0.5, 0.6) is 11.5 Å². The predicted octanol–water partition coefficient (Wildman–Crippen LogP) is 6.52. The van der Waals surface area contributed by atoms with Crippen LogP contribution in [0.25, 0.3) is 0 Å². The number of aryl methyl sites for hydroxylation is 1. The molecular weight excluding hydrogens is 480 g/mol. The molecular formula is C30H32N4O2S. The minimum atomic E-state index is -0.153. The van der Waals surface area contributed by atoms with Gasteiger partial charge in [-0.05, 0) is 74.9 Å². The normalized spacial score (nSPS) is 17.4. The van der Waals surface area contributed by atoms with Crippen molar-refractivity contribution in [1.82, 2.24) is 4.90 Å². The number of hydrogen-bond acceptors (Lipinski definition) is 7. The van der Waals surface area contributed by atoms with Gasteiger partial charge >= 0.3 is 0 Å². The van der Waals surface area contributed by atoms with Crippen LogP contribution in [-0.4, -0.2) is 37.3 Å². The summed E-state index contributed by atoms with van der Waals surface area (Å²) in [5, 5.41) is 11.5. The van der Waals surface area contributed by atoms with Crippen LogP contribution in [0.3, 0.4) is 0 Å². The topological polar surface area (TPSA) is 52.0 Å². The molecule has 3 aromatic carbocycles. The number of thioether (sulfide) groups is 1. The van der Waals surface area contributed by atoms with Crippen LogP contribution < -0.4 is 19.3 Å². The summed E-state index contributed by atoms with van der Waals surface area (Å²) in [6.45, 7) is 8.73. The molecule has 190 valence electrons. The number of benzene rings is 3. The third-order valence-electron chi connectivity index (χ3n) is 6.63. The molecule has 2 heterocycles. The van der Waals surface area contributed by atoms with E-state index >= 15 is 0 Å². The Morgan fingerprint density at radius 3 is 1.97 bits per heavy atom. The molecule has 5 rings (SSSR count). The number of hydrogen-bond donors (Lipinski definition) is 0. The van der Waals surface area contributed by atoms with Crippen LogP contribution in [0.15, 0.2) is 83.4 Å². The Kier molecular flexibility index (Phi) is 7.47. The van der Waals surface area contributed by atoms with Crippen LogP contribution in [0, 0.1) is 18.3 Å². The highest BCUT2D eigenvalue weighted by Gasteiger charge is 2.38. The van der Waals surface area contributed by atoms with Crippen molar-refractivity contribution < 1.29 is 9.47 Å². The molecule has 2 aliphatic rings. The fourth-order valence-electron chi connectivity index (χ4n) is 4.85. The summed E-state index contributed by atoms with van der Waals surface area (Å²) in [5.41, 5.74) is 5.32. The minimum absolute atomic E-state index is 0.153. The molecule has 6 nitrogen and oxygen atoms in total. The molecule has 37 heavy (non-hydrogen) atoms. The van der Waals surface area contributed by atoms with Gasteiger partial charge in [0.2, 0.25) is 0 Å². The standard InChI is InChI=1S/C30H32N4O2S/c1-4-35-26-14-10-24(11-15-26)33-19-32-20-34(25-12-16-27(17-13-25)36-5-2)29(23-8-6-22(3)7-9-23)28(18-31)30(32)37-21-33/h6-17,29H,4-5,19-21H2,1-3H3/t29-/m1/s1. The Bertz CT molecular complexity index is 1280. The lowest BCUT2D eigenvalue weighted by Gasteiger charge is -2.48. The summed E-state index contributed by atoms with van der Waals surface area (Å²) in [7, 11) is 0. The van der Waals surface area contributed by atoms with Crippen molar-refractivity contribution >= 4 is 23.1 Å². The maximum absolute atomic E-state index is 10.4. The molecule has 0 radical (unpaired) electrons. The van der Waals surface area contributed by atoms with E-state index in [-0.39, 0.29) is 6.04 Å². The van der Waals surface area contributed by atoms with Crippen molar-refractivity contribution in [2.45, 2.75) is 26.8 Å². The van der Waals surface area contributed by atoms with E-state index in [1.54, 1.807) is 11.8 Å². The van der Waals surface area contributed by atoms with E-state index in [2.05, 4.69) is 76.2 Å². The Labute approximate surface area is 223 Å². The Morgan fingerprint density at radius 2 is 1.41 bits per heavy atom. The Morgan fingerprint density at radius 1 is 0.811 bits per heavy atom. The molecule has 3 aromatic rings. The molecule has 0 spiro atoms. The molecule has 0 amide bonds. The molecule has 0 unspecified atom stereocenters. The minimum Gasteiger partial charge on any atom is -0.494 e. The largest absolute Gasteiger partial charge is 0.494 e. The third kappa shape index (κ3) is 5.21. The van der Waals surface area contributed by atoms with E-state index in [0.29, 0.717) is 26.6 Å². The summed E-state index contributed by atoms with van der Waals surface area (Å²) in [4.78, 5) is 6.97. The summed E-state index contributed by atoms with van der Waals surface area (Å²) in [5.74, 6) is 2.51.